The molecule has 1 saturated heterocycles. The number of amides is 3. The molecule has 1 atom stereocenters. The first kappa shape index (κ1) is 19.5. The Kier molecular flexibility index (Phi) is 5.82. The van der Waals surface area contributed by atoms with Gasteiger partial charge in [-0.15, -0.1) is 10.2 Å². The molecule has 0 bridgehead atoms. The number of aromatic nitrogens is 3. The number of nitrogens with one attached hydrogen (secondary N) is 2. The molecule has 2 heterocycles. The number of rotatable bonds is 6. The summed E-state index contributed by atoms with van der Waals surface area (Å²) in [4.78, 5) is 23.3. The van der Waals surface area contributed by atoms with Crippen molar-refractivity contribution in [3.63, 3.8) is 0 Å². The second-order valence-electron chi connectivity index (χ2n) is 6.61. The number of thioether (sulfide) groups is 1. The minimum atomic E-state index is -0.477. The summed E-state index contributed by atoms with van der Waals surface area (Å²) in [6, 6.07) is 16.7. The quantitative estimate of drug-likeness (QED) is 0.589. The van der Waals surface area contributed by atoms with Gasteiger partial charge in [0.25, 0.3) is 0 Å². The molecule has 1 aromatic heterocycles. The zero-order valence-corrected chi connectivity index (χ0v) is 16.9. The van der Waals surface area contributed by atoms with E-state index in [-0.39, 0.29) is 18.4 Å². The smallest absolute Gasteiger partial charge is 0.321 e. The summed E-state index contributed by atoms with van der Waals surface area (Å²) in [5.74, 6) is 1.11. The first-order valence-electron chi connectivity index (χ1n) is 9.06. The number of urea groups is 1. The first-order valence-corrected chi connectivity index (χ1v) is 10.4. The van der Waals surface area contributed by atoms with Crippen LogP contribution in [-0.4, -0.2) is 32.7 Å². The van der Waals surface area contributed by atoms with Crippen LogP contribution in [0.15, 0.2) is 59.8 Å². The predicted octanol–water partition coefficient (Wildman–Crippen LogP) is 3.35. The highest BCUT2D eigenvalue weighted by Crippen LogP contribution is 2.26. The number of hydrogen-bond acceptors (Lipinski definition) is 5. The van der Waals surface area contributed by atoms with Gasteiger partial charge in [-0.3, -0.25) is 14.7 Å². The summed E-state index contributed by atoms with van der Waals surface area (Å²) in [5, 5.41) is 15.2. The van der Waals surface area contributed by atoms with Crippen molar-refractivity contribution in [3.8, 4) is 5.69 Å². The molecule has 2 N–H and O–H groups in total. The van der Waals surface area contributed by atoms with Gasteiger partial charge in [0.05, 0.1) is 0 Å². The Bertz CT molecular complexity index is 1010. The Hall–Kier alpha value is -2.84. The molecule has 3 amide bonds. The largest absolute Gasteiger partial charge is 0.334 e. The maximum atomic E-state index is 11.7. The van der Waals surface area contributed by atoms with E-state index in [9.17, 15) is 9.59 Å². The van der Waals surface area contributed by atoms with Crippen molar-refractivity contribution < 1.29 is 9.59 Å². The molecule has 29 heavy (non-hydrogen) atoms. The molecule has 0 radical (unpaired) electrons. The molecular formula is C20H18ClN5O2S. The van der Waals surface area contributed by atoms with Gasteiger partial charge in [0.1, 0.15) is 5.82 Å². The van der Waals surface area contributed by atoms with Crippen LogP contribution in [0.1, 0.15) is 17.8 Å². The molecule has 4 rings (SSSR count). The Morgan fingerprint density at radius 1 is 1.07 bits per heavy atom. The fourth-order valence-corrected chi connectivity index (χ4v) is 4.16. The van der Waals surface area contributed by atoms with Crippen LogP contribution >= 0.6 is 23.4 Å². The Morgan fingerprint density at radius 3 is 2.55 bits per heavy atom. The second kappa shape index (κ2) is 8.67. The Labute approximate surface area is 176 Å². The molecule has 3 aromatic rings. The van der Waals surface area contributed by atoms with Crippen molar-refractivity contribution in [2.45, 2.75) is 29.8 Å². The standard InChI is InChI=1S/C20H18ClN5O2S/c21-14-8-6-13(7-9-14)12-29-20-25-24-17(26(20)16-4-2-1-3-5-16)10-15-11-18(27)23-19(28)22-15/h1-9,15H,10-12H2,(H2,22,23,27,28). The molecule has 1 aliphatic rings. The van der Waals surface area contributed by atoms with Crippen LogP contribution in [0.2, 0.25) is 5.02 Å². The van der Waals surface area contributed by atoms with Crippen LogP contribution in [0.4, 0.5) is 4.79 Å². The molecule has 0 aliphatic carbocycles. The second-order valence-corrected chi connectivity index (χ2v) is 7.99. The van der Waals surface area contributed by atoms with Gasteiger partial charge in [0, 0.05) is 35.3 Å². The molecule has 7 nitrogen and oxygen atoms in total. The maximum Gasteiger partial charge on any atom is 0.321 e. The van der Waals surface area contributed by atoms with E-state index >= 15 is 0 Å². The third-order valence-corrected chi connectivity index (χ3v) is 5.70. The fourth-order valence-electron chi connectivity index (χ4n) is 3.11. The topological polar surface area (TPSA) is 88.9 Å². The molecule has 2 aromatic carbocycles. The van der Waals surface area contributed by atoms with E-state index in [0.29, 0.717) is 23.0 Å². The summed E-state index contributed by atoms with van der Waals surface area (Å²) in [6.45, 7) is 0. The van der Waals surface area contributed by atoms with E-state index in [0.717, 1.165) is 16.4 Å². The monoisotopic (exact) mass is 427 g/mol. The van der Waals surface area contributed by atoms with Gasteiger partial charge in [-0.2, -0.15) is 0 Å². The van der Waals surface area contributed by atoms with Crippen LogP contribution in [0.25, 0.3) is 5.69 Å². The van der Waals surface area contributed by atoms with Gasteiger partial charge in [0.15, 0.2) is 5.16 Å². The average molecular weight is 428 g/mol. The molecule has 1 fully saturated rings. The van der Waals surface area contributed by atoms with E-state index in [2.05, 4.69) is 20.8 Å². The minimum absolute atomic E-state index is 0.209. The van der Waals surface area contributed by atoms with Crippen LogP contribution in [-0.2, 0) is 17.0 Å². The third-order valence-electron chi connectivity index (χ3n) is 4.44. The Morgan fingerprint density at radius 2 is 1.83 bits per heavy atom. The highest BCUT2D eigenvalue weighted by Gasteiger charge is 2.26. The van der Waals surface area contributed by atoms with Gasteiger partial charge in [-0.05, 0) is 29.8 Å². The van der Waals surface area contributed by atoms with Crippen molar-refractivity contribution in [2.24, 2.45) is 0 Å². The number of halogens is 1. The number of carbonyl (C=O) groups is 2. The van der Waals surface area contributed by atoms with Crippen LogP contribution < -0.4 is 10.6 Å². The van der Waals surface area contributed by atoms with E-state index < -0.39 is 6.03 Å². The maximum absolute atomic E-state index is 11.7. The molecule has 0 saturated carbocycles. The zero-order valence-electron chi connectivity index (χ0n) is 15.3. The SMILES string of the molecule is O=C1CC(Cc2nnc(SCc3ccc(Cl)cc3)n2-c2ccccc2)NC(=O)N1. The van der Waals surface area contributed by atoms with E-state index in [1.165, 1.54) is 0 Å². The first-order chi connectivity index (χ1) is 14.1. The summed E-state index contributed by atoms with van der Waals surface area (Å²) in [6.07, 6.45) is 0.614. The molecule has 1 aliphatic heterocycles. The van der Waals surface area contributed by atoms with Crippen molar-refractivity contribution in [1.82, 2.24) is 25.4 Å². The van der Waals surface area contributed by atoms with Crippen LogP contribution in [0.5, 0.6) is 0 Å². The van der Waals surface area contributed by atoms with E-state index in [1.54, 1.807) is 11.8 Å². The van der Waals surface area contributed by atoms with Crippen molar-refractivity contribution >= 4 is 35.3 Å². The molecule has 9 heteroatoms. The Balaban J connectivity index is 1.59. The van der Waals surface area contributed by atoms with Gasteiger partial charge < -0.3 is 5.32 Å². The lowest BCUT2D eigenvalue weighted by Gasteiger charge is -2.23. The lowest BCUT2D eigenvalue weighted by Crippen LogP contribution is -2.53. The zero-order chi connectivity index (χ0) is 20.2. The van der Waals surface area contributed by atoms with Gasteiger partial charge in [0.2, 0.25) is 5.91 Å². The summed E-state index contributed by atoms with van der Waals surface area (Å²) >= 11 is 7.52. The number of nitrogens with zero attached hydrogens (tertiary/aromatic N) is 3. The minimum Gasteiger partial charge on any atom is -0.334 e. The van der Waals surface area contributed by atoms with Crippen molar-refractivity contribution in [3.05, 3.63) is 71.0 Å². The predicted molar refractivity (Wildman–Crippen MR) is 111 cm³/mol. The number of para-hydroxylation sites is 1. The summed E-state index contributed by atoms with van der Waals surface area (Å²) < 4.78 is 1.97. The summed E-state index contributed by atoms with van der Waals surface area (Å²) in [5.41, 5.74) is 2.05. The third kappa shape index (κ3) is 4.78. The number of hydrogen-bond donors (Lipinski definition) is 2. The molecule has 1 unspecified atom stereocenters. The highest BCUT2D eigenvalue weighted by molar-refractivity contribution is 7.98. The number of benzene rings is 2. The van der Waals surface area contributed by atoms with Crippen molar-refractivity contribution in [1.29, 1.82) is 0 Å². The summed E-state index contributed by atoms with van der Waals surface area (Å²) in [7, 11) is 0. The lowest BCUT2D eigenvalue weighted by atomic mass is 10.1. The highest BCUT2D eigenvalue weighted by atomic mass is 35.5. The van der Waals surface area contributed by atoms with Gasteiger partial charge in [-0.25, -0.2) is 4.79 Å². The lowest BCUT2D eigenvalue weighted by molar-refractivity contribution is -0.121. The van der Waals surface area contributed by atoms with E-state index in [4.69, 9.17) is 11.6 Å². The van der Waals surface area contributed by atoms with Gasteiger partial charge in [-0.1, -0.05) is 53.7 Å². The van der Waals surface area contributed by atoms with Crippen LogP contribution in [0, 0.1) is 0 Å². The molecule has 0 spiro atoms. The fraction of sp³-hybridized carbons (Fsp3) is 0.200. The van der Waals surface area contributed by atoms with Crippen LogP contribution in [0.3, 0.4) is 0 Å². The van der Waals surface area contributed by atoms with E-state index in [1.807, 2.05) is 59.2 Å². The molecule has 148 valence electrons. The number of imide groups is 1. The molecular weight excluding hydrogens is 410 g/mol. The number of carbonyl (C=O) groups excluding carboxylic acids is 2. The normalized spacial score (nSPS) is 16.4. The average Bonchev–Trinajstić information content (AvgIpc) is 3.10. The van der Waals surface area contributed by atoms with Gasteiger partial charge >= 0.3 is 6.03 Å². The van der Waals surface area contributed by atoms with Crippen molar-refractivity contribution in [2.75, 3.05) is 0 Å².